The van der Waals surface area contributed by atoms with Gasteiger partial charge in [0.25, 0.3) is 0 Å². The number of aliphatic hydroxyl groups excluding tert-OH is 1. The van der Waals surface area contributed by atoms with Crippen molar-refractivity contribution in [1.29, 1.82) is 0 Å². The molecule has 0 aliphatic heterocycles. The number of aromatic nitrogens is 4. The van der Waals surface area contributed by atoms with Crippen LogP contribution in [0.3, 0.4) is 0 Å². The highest BCUT2D eigenvalue weighted by atomic mass is 19.2. The molecule has 2 aliphatic carbocycles. The van der Waals surface area contributed by atoms with Crippen molar-refractivity contribution < 1.29 is 23.1 Å². The molecule has 0 saturated heterocycles. The fourth-order valence-electron chi connectivity index (χ4n) is 5.38. The monoisotopic (exact) mass is 517 g/mol. The Labute approximate surface area is 211 Å². The molecule has 2 fully saturated rings. The normalized spacial score (nSPS) is 26.2. The van der Waals surface area contributed by atoms with E-state index in [-0.39, 0.29) is 35.8 Å². The number of carbonyl (C=O) groups is 1. The maximum absolute atomic E-state index is 14.5. The zero-order chi connectivity index (χ0) is 26.3. The van der Waals surface area contributed by atoms with E-state index in [9.17, 15) is 23.1 Å². The second-order valence-corrected chi connectivity index (χ2v) is 10.2. The molecule has 37 heavy (non-hydrogen) atoms. The van der Waals surface area contributed by atoms with Crippen molar-refractivity contribution in [3.63, 3.8) is 0 Å². The van der Waals surface area contributed by atoms with Crippen LogP contribution in [-0.2, 0) is 4.79 Å². The lowest BCUT2D eigenvalue weighted by atomic mass is 9.85. The lowest BCUT2D eigenvalue weighted by Gasteiger charge is -2.31. The first-order valence-electron chi connectivity index (χ1n) is 12.6. The number of fused-ring (bicyclic) bond motifs is 1. The van der Waals surface area contributed by atoms with Crippen LogP contribution in [-0.4, -0.2) is 42.7 Å². The lowest BCUT2D eigenvalue weighted by Crippen LogP contribution is -2.35. The first kappa shape index (κ1) is 25.2. The van der Waals surface area contributed by atoms with Gasteiger partial charge in [-0.2, -0.15) is 4.98 Å². The summed E-state index contributed by atoms with van der Waals surface area (Å²) in [7, 11) is 0. The van der Waals surface area contributed by atoms with Gasteiger partial charge in [-0.05, 0) is 63.0 Å². The SMILES string of the molecule is C[C@@H]1CC[C@@H](Nc2ncc3nc(Nc4c(F)ccc(F)c4F)n(C4CCC(C(N)=O)CC4)c3n2)C[C@H]1O. The Morgan fingerprint density at radius 2 is 1.81 bits per heavy atom. The van der Waals surface area contributed by atoms with E-state index in [1.165, 1.54) is 6.20 Å². The molecule has 2 aliphatic rings. The first-order valence-corrected chi connectivity index (χ1v) is 12.6. The highest BCUT2D eigenvalue weighted by molar-refractivity contribution is 5.78. The Hall–Kier alpha value is -3.41. The minimum absolute atomic E-state index is 0.000826. The standard InChI is InChI=1S/C25H30F3N7O2/c1-12-2-5-14(10-19(12)36)31-24-30-11-18-23(34-24)35(15-6-3-13(4-7-15)22(29)37)25(32-18)33-21-17(27)9-8-16(26)20(21)28/h8-9,11-15,19,36H,2-7,10H2,1H3,(H2,29,37)(H,32,33)(H,30,31,34)/t12-,13?,14-,15?,19-/m1/s1. The Bertz CT molecular complexity index is 1310. The summed E-state index contributed by atoms with van der Waals surface area (Å²) in [6.07, 6.45) is 5.66. The quantitative estimate of drug-likeness (QED) is 0.361. The number of rotatable bonds is 6. The van der Waals surface area contributed by atoms with Crippen LogP contribution in [0.25, 0.3) is 11.2 Å². The van der Waals surface area contributed by atoms with Crippen LogP contribution < -0.4 is 16.4 Å². The number of benzene rings is 1. The number of primary amides is 1. The second kappa shape index (κ2) is 10.2. The fourth-order valence-corrected chi connectivity index (χ4v) is 5.38. The third-order valence-electron chi connectivity index (χ3n) is 7.66. The Kier molecular flexibility index (Phi) is 6.93. The number of imidazole rings is 1. The molecule has 0 spiro atoms. The molecule has 5 rings (SSSR count). The Morgan fingerprint density at radius 1 is 1.08 bits per heavy atom. The summed E-state index contributed by atoms with van der Waals surface area (Å²) in [5, 5.41) is 16.2. The van der Waals surface area contributed by atoms with Crippen molar-refractivity contribution in [2.24, 2.45) is 17.6 Å². The molecule has 3 atom stereocenters. The number of amides is 1. The van der Waals surface area contributed by atoms with Crippen LogP contribution in [0.1, 0.15) is 57.9 Å². The molecule has 2 heterocycles. The number of aliphatic hydroxyl groups is 1. The molecule has 0 radical (unpaired) electrons. The largest absolute Gasteiger partial charge is 0.393 e. The topological polar surface area (TPSA) is 131 Å². The van der Waals surface area contributed by atoms with Crippen LogP contribution in [0.5, 0.6) is 0 Å². The van der Waals surface area contributed by atoms with Crippen molar-refractivity contribution in [2.75, 3.05) is 10.6 Å². The van der Waals surface area contributed by atoms with Crippen molar-refractivity contribution in [2.45, 2.75) is 70.1 Å². The van der Waals surface area contributed by atoms with Gasteiger partial charge in [-0.3, -0.25) is 9.36 Å². The summed E-state index contributed by atoms with van der Waals surface area (Å²) in [5.41, 5.74) is 5.66. The zero-order valence-electron chi connectivity index (χ0n) is 20.4. The lowest BCUT2D eigenvalue weighted by molar-refractivity contribution is -0.122. The Balaban J connectivity index is 1.51. The molecule has 3 aromatic rings. The van der Waals surface area contributed by atoms with Crippen LogP contribution in [0.4, 0.5) is 30.8 Å². The van der Waals surface area contributed by atoms with Gasteiger partial charge in [0.15, 0.2) is 17.3 Å². The minimum atomic E-state index is -1.35. The van der Waals surface area contributed by atoms with Crippen molar-refractivity contribution >= 4 is 34.7 Å². The van der Waals surface area contributed by atoms with Crippen LogP contribution in [0.2, 0.25) is 0 Å². The molecular formula is C25H30F3N7O2. The smallest absolute Gasteiger partial charge is 0.224 e. The molecule has 2 aromatic heterocycles. The van der Waals surface area contributed by atoms with Crippen molar-refractivity contribution in [3.8, 4) is 0 Å². The predicted molar refractivity (Wildman–Crippen MR) is 132 cm³/mol. The summed E-state index contributed by atoms with van der Waals surface area (Å²) >= 11 is 0. The van der Waals surface area contributed by atoms with E-state index >= 15 is 0 Å². The number of halogens is 3. The molecule has 1 aromatic carbocycles. The first-order chi connectivity index (χ1) is 17.7. The molecular weight excluding hydrogens is 487 g/mol. The van der Waals surface area contributed by atoms with Gasteiger partial charge in [0.2, 0.25) is 17.8 Å². The highest BCUT2D eigenvalue weighted by Crippen LogP contribution is 2.38. The molecule has 9 nitrogen and oxygen atoms in total. The second-order valence-electron chi connectivity index (χ2n) is 10.2. The maximum atomic E-state index is 14.5. The average Bonchev–Trinajstić information content (AvgIpc) is 3.23. The van der Waals surface area contributed by atoms with Gasteiger partial charge in [0, 0.05) is 18.0 Å². The number of nitrogens with two attached hydrogens (primary N) is 1. The number of hydrogen-bond donors (Lipinski definition) is 4. The zero-order valence-corrected chi connectivity index (χ0v) is 20.4. The summed E-state index contributed by atoms with van der Waals surface area (Å²) in [4.78, 5) is 25.2. The predicted octanol–water partition coefficient (Wildman–Crippen LogP) is 4.17. The van der Waals surface area contributed by atoms with Gasteiger partial charge >= 0.3 is 0 Å². The van der Waals surface area contributed by atoms with E-state index < -0.39 is 29.2 Å². The van der Waals surface area contributed by atoms with E-state index in [4.69, 9.17) is 5.73 Å². The number of nitrogens with one attached hydrogen (secondary N) is 2. The maximum Gasteiger partial charge on any atom is 0.224 e. The van der Waals surface area contributed by atoms with Crippen LogP contribution in [0, 0.1) is 29.3 Å². The molecule has 0 bridgehead atoms. The van der Waals surface area contributed by atoms with E-state index in [0.29, 0.717) is 49.2 Å². The van der Waals surface area contributed by atoms with E-state index in [1.807, 2.05) is 6.92 Å². The third kappa shape index (κ3) is 5.07. The van der Waals surface area contributed by atoms with Gasteiger partial charge in [0.05, 0.1) is 12.3 Å². The summed E-state index contributed by atoms with van der Waals surface area (Å²) in [6, 6.07) is 1.37. The van der Waals surface area contributed by atoms with E-state index in [1.54, 1.807) is 4.57 Å². The summed E-state index contributed by atoms with van der Waals surface area (Å²) < 4.78 is 44.5. The van der Waals surface area contributed by atoms with Gasteiger partial charge < -0.3 is 21.5 Å². The van der Waals surface area contributed by atoms with Gasteiger partial charge in [0.1, 0.15) is 17.0 Å². The molecule has 0 unspecified atom stereocenters. The van der Waals surface area contributed by atoms with Gasteiger partial charge in [-0.1, -0.05) is 6.92 Å². The van der Waals surface area contributed by atoms with Crippen LogP contribution in [0.15, 0.2) is 18.3 Å². The highest BCUT2D eigenvalue weighted by Gasteiger charge is 2.31. The molecule has 198 valence electrons. The minimum Gasteiger partial charge on any atom is -0.393 e. The van der Waals surface area contributed by atoms with Crippen LogP contribution >= 0.6 is 0 Å². The molecule has 5 N–H and O–H groups in total. The van der Waals surface area contributed by atoms with E-state index in [0.717, 1.165) is 25.0 Å². The molecule has 2 saturated carbocycles. The average molecular weight is 518 g/mol. The number of hydrogen-bond acceptors (Lipinski definition) is 7. The van der Waals surface area contributed by atoms with Crippen molar-refractivity contribution in [3.05, 3.63) is 35.8 Å². The third-order valence-corrected chi connectivity index (χ3v) is 7.66. The number of nitrogens with zero attached hydrogens (tertiary/aromatic N) is 4. The molecule has 12 heteroatoms. The van der Waals surface area contributed by atoms with Gasteiger partial charge in [-0.15, -0.1) is 0 Å². The number of anilines is 3. The fraction of sp³-hybridized carbons (Fsp3) is 0.520. The summed E-state index contributed by atoms with van der Waals surface area (Å²) in [6.45, 7) is 2.02. The van der Waals surface area contributed by atoms with Gasteiger partial charge in [-0.25, -0.2) is 23.1 Å². The number of carbonyl (C=O) groups excluding carboxylic acids is 1. The molecule has 1 amide bonds. The van der Waals surface area contributed by atoms with Crippen molar-refractivity contribution in [1.82, 2.24) is 19.5 Å². The Morgan fingerprint density at radius 3 is 2.51 bits per heavy atom. The summed E-state index contributed by atoms with van der Waals surface area (Å²) in [5.74, 6) is -3.43. The van der Waals surface area contributed by atoms with E-state index in [2.05, 4.69) is 25.6 Å².